The van der Waals surface area contributed by atoms with Crippen molar-refractivity contribution in [2.75, 3.05) is 0 Å². The Morgan fingerprint density at radius 1 is 1.50 bits per heavy atom. The molecule has 54 valence electrons. The van der Waals surface area contributed by atoms with Crippen LogP contribution >= 0.6 is 0 Å². The fraction of sp³-hybridized carbons (Fsp3) is 0.429. The number of aldehydes is 1. The molecule has 1 aromatic rings. The predicted octanol–water partition coefficient (Wildman–Crippen LogP) is 0.849. The average Bonchev–Trinajstić information content (AvgIpc) is 2.09. The molecular formula is C7H10N2O. The zero-order valence-electron chi connectivity index (χ0n) is 6.38. The van der Waals surface area contributed by atoms with Crippen molar-refractivity contribution in [2.45, 2.75) is 13.8 Å². The summed E-state index contributed by atoms with van der Waals surface area (Å²) in [5.74, 6) is 0. The van der Waals surface area contributed by atoms with E-state index in [0.29, 0.717) is 5.56 Å². The van der Waals surface area contributed by atoms with E-state index in [1.165, 1.54) is 0 Å². The first-order valence-corrected chi connectivity index (χ1v) is 3.12. The maximum atomic E-state index is 10.4. The van der Waals surface area contributed by atoms with Crippen molar-refractivity contribution >= 4 is 6.29 Å². The molecule has 0 bridgehead atoms. The van der Waals surface area contributed by atoms with Crippen molar-refractivity contribution in [3.63, 3.8) is 0 Å². The first-order chi connectivity index (χ1) is 4.66. The molecule has 3 nitrogen and oxygen atoms in total. The average molecular weight is 138 g/mol. The van der Waals surface area contributed by atoms with Gasteiger partial charge < -0.3 is 0 Å². The van der Waals surface area contributed by atoms with E-state index < -0.39 is 0 Å². The second kappa shape index (κ2) is 2.25. The molecule has 1 heterocycles. The van der Waals surface area contributed by atoms with Crippen LogP contribution in [-0.2, 0) is 7.05 Å². The van der Waals surface area contributed by atoms with E-state index in [2.05, 4.69) is 5.10 Å². The first kappa shape index (κ1) is 6.99. The minimum atomic E-state index is 0.711. The molecule has 0 aliphatic carbocycles. The lowest BCUT2D eigenvalue weighted by Gasteiger charge is -1.90. The summed E-state index contributed by atoms with van der Waals surface area (Å²) in [5.41, 5.74) is 2.44. The second-order valence-corrected chi connectivity index (χ2v) is 2.33. The lowest BCUT2D eigenvalue weighted by Crippen LogP contribution is -1.93. The van der Waals surface area contributed by atoms with Crippen LogP contribution in [0.1, 0.15) is 21.7 Å². The molecule has 0 fully saturated rings. The van der Waals surface area contributed by atoms with Gasteiger partial charge in [0.2, 0.25) is 0 Å². The molecule has 0 aliphatic rings. The van der Waals surface area contributed by atoms with Gasteiger partial charge in [0, 0.05) is 12.7 Å². The number of hydrogen-bond acceptors (Lipinski definition) is 2. The topological polar surface area (TPSA) is 34.9 Å². The Labute approximate surface area is 59.7 Å². The predicted molar refractivity (Wildman–Crippen MR) is 38.1 cm³/mol. The minimum Gasteiger partial charge on any atom is -0.298 e. The van der Waals surface area contributed by atoms with Crippen molar-refractivity contribution in [3.05, 3.63) is 17.0 Å². The zero-order chi connectivity index (χ0) is 7.72. The van der Waals surface area contributed by atoms with Gasteiger partial charge in [0.05, 0.1) is 11.3 Å². The fourth-order valence-corrected chi connectivity index (χ4v) is 0.961. The molecule has 0 aliphatic heterocycles. The molecule has 0 aromatic carbocycles. The molecule has 0 amide bonds. The summed E-state index contributed by atoms with van der Waals surface area (Å²) in [5, 5.41) is 4.07. The molecule has 10 heavy (non-hydrogen) atoms. The van der Waals surface area contributed by atoms with Gasteiger partial charge in [-0.2, -0.15) is 5.10 Å². The number of aryl methyl sites for hydroxylation is 2. The van der Waals surface area contributed by atoms with Crippen LogP contribution in [0, 0.1) is 13.8 Å². The highest BCUT2D eigenvalue weighted by Crippen LogP contribution is 2.07. The van der Waals surface area contributed by atoms with Gasteiger partial charge in [-0.15, -0.1) is 0 Å². The number of carbonyl (C=O) groups is 1. The maximum Gasteiger partial charge on any atom is 0.153 e. The smallest absolute Gasteiger partial charge is 0.153 e. The SMILES string of the molecule is Cc1nn(C)c(C)c1C=O. The van der Waals surface area contributed by atoms with Gasteiger partial charge in [0.1, 0.15) is 0 Å². The fourth-order valence-electron chi connectivity index (χ4n) is 0.961. The van der Waals surface area contributed by atoms with E-state index >= 15 is 0 Å². The summed E-state index contributed by atoms with van der Waals surface area (Å²) in [4.78, 5) is 10.4. The Kier molecular flexibility index (Phi) is 1.57. The minimum absolute atomic E-state index is 0.711. The van der Waals surface area contributed by atoms with Gasteiger partial charge in [0.15, 0.2) is 6.29 Å². The lowest BCUT2D eigenvalue weighted by molar-refractivity contribution is 0.112. The van der Waals surface area contributed by atoms with Gasteiger partial charge in [0.25, 0.3) is 0 Å². The van der Waals surface area contributed by atoms with Crippen molar-refractivity contribution in [2.24, 2.45) is 7.05 Å². The van der Waals surface area contributed by atoms with Crippen LogP contribution in [0.4, 0.5) is 0 Å². The van der Waals surface area contributed by atoms with Crippen molar-refractivity contribution in [1.82, 2.24) is 9.78 Å². The molecule has 0 spiro atoms. The third kappa shape index (κ3) is 0.835. The molecule has 3 heteroatoms. The summed E-state index contributed by atoms with van der Waals surface area (Å²) >= 11 is 0. The van der Waals surface area contributed by atoms with Crippen LogP contribution in [0.15, 0.2) is 0 Å². The van der Waals surface area contributed by atoms with E-state index in [4.69, 9.17) is 0 Å². The summed E-state index contributed by atoms with van der Waals surface area (Å²) < 4.78 is 1.71. The number of carbonyl (C=O) groups excluding carboxylic acids is 1. The summed E-state index contributed by atoms with van der Waals surface area (Å²) in [6.45, 7) is 3.71. The van der Waals surface area contributed by atoms with E-state index in [1.807, 2.05) is 20.9 Å². The zero-order valence-corrected chi connectivity index (χ0v) is 6.38. The molecule has 0 radical (unpaired) electrons. The highest BCUT2D eigenvalue weighted by molar-refractivity contribution is 5.77. The second-order valence-electron chi connectivity index (χ2n) is 2.33. The molecule has 0 unspecified atom stereocenters. The number of nitrogens with zero attached hydrogens (tertiary/aromatic N) is 2. The van der Waals surface area contributed by atoms with Gasteiger partial charge in [-0.1, -0.05) is 0 Å². The van der Waals surface area contributed by atoms with Crippen LogP contribution in [-0.4, -0.2) is 16.1 Å². The quantitative estimate of drug-likeness (QED) is 0.539. The first-order valence-electron chi connectivity index (χ1n) is 3.12. The van der Waals surface area contributed by atoms with Crippen molar-refractivity contribution < 1.29 is 4.79 Å². The molecule has 0 atom stereocenters. The van der Waals surface area contributed by atoms with Gasteiger partial charge in [-0.3, -0.25) is 9.48 Å². The molecule has 1 aromatic heterocycles. The van der Waals surface area contributed by atoms with Crippen LogP contribution in [0.5, 0.6) is 0 Å². The molecule has 0 saturated heterocycles. The monoisotopic (exact) mass is 138 g/mol. The van der Waals surface area contributed by atoms with E-state index in [1.54, 1.807) is 4.68 Å². The number of rotatable bonds is 1. The molecule has 0 N–H and O–H groups in total. The van der Waals surface area contributed by atoms with Gasteiger partial charge in [-0.25, -0.2) is 0 Å². The Morgan fingerprint density at radius 2 is 2.10 bits per heavy atom. The Morgan fingerprint density at radius 3 is 2.30 bits per heavy atom. The maximum absolute atomic E-state index is 10.4. The molecular weight excluding hydrogens is 128 g/mol. The molecule has 0 saturated carbocycles. The van der Waals surface area contributed by atoms with E-state index in [0.717, 1.165) is 17.7 Å². The van der Waals surface area contributed by atoms with Crippen LogP contribution < -0.4 is 0 Å². The van der Waals surface area contributed by atoms with Crippen molar-refractivity contribution in [3.8, 4) is 0 Å². The third-order valence-electron chi connectivity index (χ3n) is 1.68. The van der Waals surface area contributed by atoms with Crippen LogP contribution in [0.25, 0.3) is 0 Å². The summed E-state index contributed by atoms with van der Waals surface area (Å²) in [6, 6.07) is 0. The summed E-state index contributed by atoms with van der Waals surface area (Å²) in [7, 11) is 1.83. The van der Waals surface area contributed by atoms with Crippen LogP contribution in [0.3, 0.4) is 0 Å². The van der Waals surface area contributed by atoms with Gasteiger partial charge >= 0.3 is 0 Å². The highest BCUT2D eigenvalue weighted by atomic mass is 16.1. The Bertz CT molecular complexity index is 263. The normalized spacial score (nSPS) is 9.90. The van der Waals surface area contributed by atoms with Crippen LogP contribution in [0.2, 0.25) is 0 Å². The largest absolute Gasteiger partial charge is 0.298 e. The Hall–Kier alpha value is -1.12. The molecule has 1 rings (SSSR count). The Balaban J connectivity index is 3.33. The third-order valence-corrected chi connectivity index (χ3v) is 1.68. The standard InChI is InChI=1S/C7H10N2O/c1-5-7(4-10)6(2)9(3)8-5/h4H,1-3H3. The van der Waals surface area contributed by atoms with Crippen molar-refractivity contribution in [1.29, 1.82) is 0 Å². The highest BCUT2D eigenvalue weighted by Gasteiger charge is 2.06. The van der Waals surface area contributed by atoms with E-state index in [9.17, 15) is 4.79 Å². The lowest BCUT2D eigenvalue weighted by atomic mass is 10.2. The number of aromatic nitrogens is 2. The number of hydrogen-bond donors (Lipinski definition) is 0. The van der Waals surface area contributed by atoms with Gasteiger partial charge in [-0.05, 0) is 13.8 Å². The van der Waals surface area contributed by atoms with E-state index in [-0.39, 0.29) is 0 Å². The summed E-state index contributed by atoms with van der Waals surface area (Å²) in [6.07, 6.45) is 0.845.